The molecule has 0 radical (unpaired) electrons. The number of hydrogen-bond acceptors (Lipinski definition) is 5. The summed E-state index contributed by atoms with van der Waals surface area (Å²) >= 11 is 0. The molecule has 0 aliphatic carbocycles. The van der Waals surface area contributed by atoms with Crippen molar-refractivity contribution in [2.24, 2.45) is 16.5 Å². The van der Waals surface area contributed by atoms with Crippen molar-refractivity contribution < 1.29 is 28.0 Å². The third kappa shape index (κ3) is 7.81. The van der Waals surface area contributed by atoms with Crippen molar-refractivity contribution in [2.75, 3.05) is 6.26 Å². The summed E-state index contributed by atoms with van der Waals surface area (Å²) in [4.78, 5) is 15.2. The molecule has 7 N–H and O–H groups in total. The van der Waals surface area contributed by atoms with E-state index < -0.39 is 16.0 Å². The number of aromatic hydroxyl groups is 2. The van der Waals surface area contributed by atoms with Crippen molar-refractivity contribution in [3.8, 4) is 22.6 Å². The minimum Gasteiger partial charge on any atom is -0.508 e. The molecule has 0 spiro atoms. The van der Waals surface area contributed by atoms with Gasteiger partial charge in [0.05, 0.1) is 6.26 Å². The Balaban J connectivity index is 0.000000550. The van der Waals surface area contributed by atoms with Crippen LogP contribution >= 0.6 is 0 Å². The van der Waals surface area contributed by atoms with Gasteiger partial charge in [-0.25, -0.2) is 0 Å². The quantitative estimate of drug-likeness (QED) is 0.292. The van der Waals surface area contributed by atoms with Crippen molar-refractivity contribution in [3.63, 3.8) is 0 Å². The van der Waals surface area contributed by atoms with Gasteiger partial charge in [0.2, 0.25) is 0 Å². The van der Waals surface area contributed by atoms with Crippen LogP contribution in [0.4, 0.5) is 0 Å². The number of benzene rings is 2. The number of carbonyl (C=O) groups excluding carboxylic acids is 1. The predicted octanol–water partition coefficient (Wildman–Crippen LogP) is 0.682. The molecule has 0 fully saturated rings. The number of hydrogen-bond donors (Lipinski definition) is 5. The van der Waals surface area contributed by atoms with Crippen LogP contribution < -0.4 is 11.5 Å². The fourth-order valence-electron chi connectivity index (χ4n) is 1.78. The second-order valence-corrected chi connectivity index (χ2v) is 6.36. The van der Waals surface area contributed by atoms with Crippen molar-refractivity contribution in [2.45, 2.75) is 0 Å². The van der Waals surface area contributed by atoms with Gasteiger partial charge in [0, 0.05) is 11.6 Å². The van der Waals surface area contributed by atoms with Crippen LogP contribution in [0.2, 0.25) is 0 Å². The minimum atomic E-state index is -3.67. The van der Waals surface area contributed by atoms with Gasteiger partial charge in [0.25, 0.3) is 16.0 Å². The van der Waals surface area contributed by atoms with Crippen molar-refractivity contribution >= 4 is 22.0 Å². The summed E-state index contributed by atoms with van der Waals surface area (Å²) in [7, 11) is -3.67. The zero-order chi connectivity index (χ0) is 19.2. The van der Waals surface area contributed by atoms with Crippen LogP contribution in [0.25, 0.3) is 11.1 Å². The summed E-state index contributed by atoms with van der Waals surface area (Å²) in [6, 6.07) is 10.7. The molecule has 1 amide bonds. The molecule has 0 saturated heterocycles. The Morgan fingerprint density at radius 1 is 1.00 bits per heavy atom. The highest BCUT2D eigenvalue weighted by molar-refractivity contribution is 7.85. The summed E-state index contributed by atoms with van der Waals surface area (Å²) in [5, 5.41) is 18.9. The van der Waals surface area contributed by atoms with Gasteiger partial charge in [0.1, 0.15) is 11.5 Å². The maximum Gasteiger partial charge on any atom is 0.280 e. The Labute approximate surface area is 144 Å². The molecule has 0 aromatic heterocycles. The van der Waals surface area contributed by atoms with Crippen LogP contribution in [0.5, 0.6) is 11.5 Å². The molecule has 10 heteroatoms. The SMILES string of the molecule is CS(=O)(=O)O.NC(N)=NC(=O)c1cccc(-c2cc(O)cc(O)c2)c1. The van der Waals surface area contributed by atoms with Gasteiger partial charge in [-0.1, -0.05) is 12.1 Å². The van der Waals surface area contributed by atoms with Crippen LogP contribution in [0.1, 0.15) is 10.4 Å². The first kappa shape index (κ1) is 19.9. The maximum atomic E-state index is 11.7. The van der Waals surface area contributed by atoms with E-state index in [4.69, 9.17) is 16.0 Å². The van der Waals surface area contributed by atoms with Crippen LogP contribution in [0, 0.1) is 0 Å². The molecule has 25 heavy (non-hydrogen) atoms. The molecule has 0 heterocycles. The van der Waals surface area contributed by atoms with E-state index in [1.165, 1.54) is 18.2 Å². The van der Waals surface area contributed by atoms with Crippen LogP contribution in [-0.4, -0.2) is 41.3 Å². The largest absolute Gasteiger partial charge is 0.508 e. The molecule has 0 aliphatic heterocycles. The van der Waals surface area contributed by atoms with Gasteiger partial charge < -0.3 is 21.7 Å². The molecule has 0 aliphatic rings. The lowest BCUT2D eigenvalue weighted by atomic mass is 10.0. The molecule has 0 bridgehead atoms. The van der Waals surface area contributed by atoms with E-state index in [9.17, 15) is 23.4 Å². The normalized spacial score (nSPS) is 10.3. The number of guanidine groups is 1. The highest BCUT2D eigenvalue weighted by Crippen LogP contribution is 2.29. The van der Waals surface area contributed by atoms with E-state index in [1.54, 1.807) is 24.3 Å². The maximum absolute atomic E-state index is 11.7. The summed E-state index contributed by atoms with van der Waals surface area (Å²) in [5.41, 5.74) is 11.8. The van der Waals surface area contributed by atoms with E-state index in [0.29, 0.717) is 22.9 Å². The second kappa shape index (κ2) is 8.13. The first-order chi connectivity index (χ1) is 11.5. The van der Waals surface area contributed by atoms with E-state index >= 15 is 0 Å². The molecule has 2 aromatic rings. The molecular weight excluding hydrogens is 350 g/mol. The number of phenols is 2. The summed E-state index contributed by atoms with van der Waals surface area (Å²) in [5.74, 6) is -1.01. The standard InChI is InChI=1S/C14H13N3O3.CH4O3S/c15-14(16)17-13(20)9-3-1-2-8(4-9)10-5-11(18)7-12(19)6-10;1-5(2,3)4/h1-7,18-19H,(H4,15,16,17,20);1H3,(H,2,3,4). The van der Waals surface area contributed by atoms with Gasteiger partial charge in [-0.2, -0.15) is 13.4 Å². The molecule has 0 saturated carbocycles. The third-order valence-electron chi connectivity index (χ3n) is 2.58. The molecule has 134 valence electrons. The monoisotopic (exact) mass is 367 g/mol. The molecule has 0 atom stereocenters. The molecule has 9 nitrogen and oxygen atoms in total. The number of rotatable bonds is 2. The minimum absolute atomic E-state index is 0.0686. The average Bonchev–Trinajstić information content (AvgIpc) is 2.44. The molecule has 0 unspecified atom stereocenters. The predicted molar refractivity (Wildman–Crippen MR) is 92.8 cm³/mol. The zero-order valence-electron chi connectivity index (χ0n) is 13.1. The Kier molecular flexibility index (Phi) is 6.48. The van der Waals surface area contributed by atoms with Crippen LogP contribution in [-0.2, 0) is 10.1 Å². The first-order valence-corrected chi connectivity index (χ1v) is 8.50. The van der Waals surface area contributed by atoms with Crippen LogP contribution in [0.15, 0.2) is 47.5 Å². The van der Waals surface area contributed by atoms with Gasteiger partial charge in [0.15, 0.2) is 5.96 Å². The topological polar surface area (TPSA) is 176 Å². The van der Waals surface area contributed by atoms with Crippen molar-refractivity contribution in [3.05, 3.63) is 48.0 Å². The lowest BCUT2D eigenvalue weighted by Crippen LogP contribution is -2.24. The third-order valence-corrected chi connectivity index (χ3v) is 2.58. The fraction of sp³-hybridized carbons (Fsp3) is 0.0667. The molecular formula is C15H17N3O6S. The Hall–Kier alpha value is -3.11. The van der Waals surface area contributed by atoms with Gasteiger partial charge >= 0.3 is 0 Å². The number of nitrogens with zero attached hydrogens (tertiary/aromatic N) is 1. The van der Waals surface area contributed by atoms with Gasteiger partial charge in [-0.15, -0.1) is 0 Å². The van der Waals surface area contributed by atoms with E-state index in [0.717, 1.165) is 0 Å². The van der Waals surface area contributed by atoms with E-state index in [1.807, 2.05) is 0 Å². The van der Waals surface area contributed by atoms with Crippen molar-refractivity contribution in [1.82, 2.24) is 0 Å². The number of aliphatic imine (C=N–C) groups is 1. The van der Waals surface area contributed by atoms with Crippen molar-refractivity contribution in [1.29, 1.82) is 0 Å². The lowest BCUT2D eigenvalue weighted by molar-refractivity contribution is 0.100. The van der Waals surface area contributed by atoms with Crippen LogP contribution in [0.3, 0.4) is 0 Å². The first-order valence-electron chi connectivity index (χ1n) is 6.65. The second-order valence-electron chi connectivity index (χ2n) is 4.89. The highest BCUT2D eigenvalue weighted by atomic mass is 32.2. The number of carbonyl (C=O) groups is 1. The smallest absolute Gasteiger partial charge is 0.280 e. The number of nitrogens with two attached hydrogens (primary N) is 2. The van der Waals surface area contributed by atoms with E-state index in [2.05, 4.69) is 4.99 Å². The average molecular weight is 367 g/mol. The van der Waals surface area contributed by atoms with Gasteiger partial charge in [-0.05, 0) is 35.4 Å². The Bertz CT molecular complexity index is 877. The molecule has 2 rings (SSSR count). The fourth-order valence-corrected chi connectivity index (χ4v) is 1.78. The van der Waals surface area contributed by atoms with E-state index in [-0.39, 0.29) is 17.5 Å². The van der Waals surface area contributed by atoms with Gasteiger partial charge in [-0.3, -0.25) is 9.35 Å². The lowest BCUT2D eigenvalue weighted by Gasteiger charge is -2.05. The zero-order valence-corrected chi connectivity index (χ0v) is 13.9. The summed E-state index contributed by atoms with van der Waals surface area (Å²) in [6.45, 7) is 0. The summed E-state index contributed by atoms with van der Waals surface area (Å²) < 4.78 is 25.9. The Morgan fingerprint density at radius 3 is 2.00 bits per heavy atom. The molecule has 2 aromatic carbocycles. The number of amides is 1. The summed E-state index contributed by atoms with van der Waals surface area (Å²) in [6.07, 6.45) is 0.715. The Morgan fingerprint density at radius 2 is 1.52 bits per heavy atom. The highest BCUT2D eigenvalue weighted by Gasteiger charge is 2.08. The number of phenolic OH excluding ortho intramolecular Hbond substituents is 2.